The summed E-state index contributed by atoms with van der Waals surface area (Å²) in [7, 11) is 3.17. The molecule has 0 aliphatic carbocycles. The first-order chi connectivity index (χ1) is 15.0. The number of thiazole rings is 1. The molecule has 1 N–H and O–H groups in total. The molecule has 0 spiro atoms. The first kappa shape index (κ1) is 20.5. The van der Waals surface area contributed by atoms with E-state index in [9.17, 15) is 4.79 Å². The van der Waals surface area contributed by atoms with Crippen LogP contribution in [0.2, 0.25) is 0 Å². The molecule has 31 heavy (non-hydrogen) atoms. The second-order valence-electron chi connectivity index (χ2n) is 6.71. The summed E-state index contributed by atoms with van der Waals surface area (Å²) >= 11 is 1.32. The fourth-order valence-electron chi connectivity index (χ4n) is 3.09. The number of rotatable bonds is 6. The summed E-state index contributed by atoms with van der Waals surface area (Å²) in [6, 6.07) is 11.1. The minimum atomic E-state index is -0.228. The van der Waals surface area contributed by atoms with Crippen molar-refractivity contribution in [2.24, 2.45) is 0 Å². The Kier molecular flexibility index (Phi) is 5.63. The van der Waals surface area contributed by atoms with Gasteiger partial charge in [-0.3, -0.25) is 4.79 Å². The number of tetrazole rings is 1. The Morgan fingerprint density at radius 2 is 1.87 bits per heavy atom. The fraction of sp³-hybridized carbons (Fsp3) is 0.190. The highest BCUT2D eigenvalue weighted by atomic mass is 32.1. The number of carbonyl (C=O) groups excluding carboxylic acids is 1. The van der Waals surface area contributed by atoms with Gasteiger partial charge in [0.15, 0.2) is 11.5 Å². The van der Waals surface area contributed by atoms with Crippen LogP contribution in [-0.4, -0.2) is 45.3 Å². The molecule has 0 fully saturated rings. The number of hydrogen-bond acceptors (Lipinski definition) is 8. The van der Waals surface area contributed by atoms with Gasteiger partial charge in [0.2, 0.25) is 0 Å². The molecule has 0 saturated carbocycles. The average molecular weight is 436 g/mol. The molecule has 0 unspecified atom stereocenters. The molecule has 158 valence electrons. The van der Waals surface area contributed by atoms with Crippen LogP contribution in [0.15, 0.2) is 42.7 Å². The van der Waals surface area contributed by atoms with Crippen molar-refractivity contribution in [1.29, 1.82) is 0 Å². The van der Waals surface area contributed by atoms with Crippen LogP contribution in [0, 0.1) is 13.8 Å². The van der Waals surface area contributed by atoms with Gasteiger partial charge in [-0.2, -0.15) is 0 Å². The number of carbonyl (C=O) groups is 1. The maximum Gasteiger partial charge on any atom is 0.267 e. The lowest BCUT2D eigenvalue weighted by molar-refractivity contribution is 0.103. The molecule has 2 aromatic carbocycles. The van der Waals surface area contributed by atoms with Gasteiger partial charge >= 0.3 is 0 Å². The molecule has 2 heterocycles. The molecule has 1 amide bonds. The third-order valence-electron chi connectivity index (χ3n) is 4.70. The number of ether oxygens (including phenoxy) is 2. The third kappa shape index (κ3) is 4.10. The number of anilines is 1. The fourth-order valence-corrected chi connectivity index (χ4v) is 4.05. The average Bonchev–Trinajstić information content (AvgIpc) is 3.44. The van der Waals surface area contributed by atoms with E-state index in [1.165, 1.54) is 17.7 Å². The van der Waals surface area contributed by atoms with Crippen molar-refractivity contribution in [2.75, 3.05) is 19.5 Å². The highest BCUT2D eigenvalue weighted by molar-refractivity contribution is 7.17. The Hall–Kier alpha value is -3.79. The standard InChI is InChI=1S/C21H20N6O3S/c1-12-5-7-15(10-16(12)27-11-22-25-26-27)24-20(28)19-13(2)23-21(31-19)14-6-8-17(29-3)18(9-14)30-4/h5-11H,1-4H3,(H,24,28). The first-order valence-electron chi connectivity index (χ1n) is 9.35. The van der Waals surface area contributed by atoms with Gasteiger partial charge in [0, 0.05) is 11.3 Å². The van der Waals surface area contributed by atoms with Gasteiger partial charge in [0.1, 0.15) is 16.2 Å². The van der Waals surface area contributed by atoms with Crippen molar-refractivity contribution >= 4 is 22.9 Å². The van der Waals surface area contributed by atoms with Gasteiger partial charge in [-0.1, -0.05) is 6.07 Å². The molecular weight excluding hydrogens is 416 g/mol. The van der Waals surface area contributed by atoms with Crippen molar-refractivity contribution in [3.8, 4) is 27.8 Å². The van der Waals surface area contributed by atoms with E-state index in [0.717, 1.165) is 21.8 Å². The van der Waals surface area contributed by atoms with E-state index in [1.54, 1.807) is 18.9 Å². The minimum Gasteiger partial charge on any atom is -0.493 e. The predicted molar refractivity (Wildman–Crippen MR) is 117 cm³/mol. The normalized spacial score (nSPS) is 10.7. The molecule has 0 aliphatic rings. The van der Waals surface area contributed by atoms with E-state index in [1.807, 2.05) is 50.2 Å². The van der Waals surface area contributed by atoms with Gasteiger partial charge in [0.05, 0.1) is 25.6 Å². The Bertz CT molecular complexity index is 1240. The zero-order valence-corrected chi connectivity index (χ0v) is 18.2. The quantitative estimate of drug-likeness (QED) is 0.492. The number of nitrogens with zero attached hydrogens (tertiary/aromatic N) is 5. The molecule has 4 aromatic rings. The summed E-state index contributed by atoms with van der Waals surface area (Å²) in [6.45, 7) is 3.77. The molecule has 9 nitrogen and oxygen atoms in total. The van der Waals surface area contributed by atoms with E-state index >= 15 is 0 Å². The number of nitrogens with one attached hydrogen (secondary N) is 1. The second kappa shape index (κ2) is 8.52. The zero-order chi connectivity index (χ0) is 22.0. The molecule has 0 aliphatic heterocycles. The number of hydrogen-bond donors (Lipinski definition) is 1. The van der Waals surface area contributed by atoms with Crippen molar-refractivity contribution in [3.63, 3.8) is 0 Å². The smallest absolute Gasteiger partial charge is 0.267 e. The number of aromatic nitrogens is 5. The molecule has 0 radical (unpaired) electrons. The van der Waals surface area contributed by atoms with E-state index < -0.39 is 0 Å². The second-order valence-corrected chi connectivity index (χ2v) is 7.71. The monoisotopic (exact) mass is 436 g/mol. The van der Waals surface area contributed by atoms with E-state index in [0.29, 0.717) is 27.8 Å². The van der Waals surface area contributed by atoms with Crippen LogP contribution in [0.1, 0.15) is 20.9 Å². The van der Waals surface area contributed by atoms with Gasteiger partial charge in [0.25, 0.3) is 5.91 Å². The molecule has 0 atom stereocenters. The van der Waals surface area contributed by atoms with Crippen LogP contribution in [0.4, 0.5) is 5.69 Å². The third-order valence-corrected chi connectivity index (χ3v) is 5.90. The topological polar surface area (TPSA) is 104 Å². The summed E-state index contributed by atoms with van der Waals surface area (Å²) in [5, 5.41) is 14.9. The number of amides is 1. The molecule has 0 bridgehead atoms. The molecular formula is C21H20N6O3S. The van der Waals surface area contributed by atoms with Gasteiger partial charge in [-0.05, 0) is 60.2 Å². The van der Waals surface area contributed by atoms with E-state index in [4.69, 9.17) is 9.47 Å². The SMILES string of the molecule is COc1ccc(-c2nc(C)c(C(=O)Nc3ccc(C)c(-n4cnnn4)c3)s2)cc1OC. The summed E-state index contributed by atoms with van der Waals surface area (Å²) < 4.78 is 12.2. The van der Waals surface area contributed by atoms with Crippen molar-refractivity contribution in [3.05, 3.63) is 58.9 Å². The van der Waals surface area contributed by atoms with Crippen LogP contribution >= 0.6 is 11.3 Å². The first-order valence-corrected chi connectivity index (χ1v) is 10.2. The Balaban J connectivity index is 1.60. The lowest BCUT2D eigenvalue weighted by atomic mass is 10.2. The Labute approximate surface area is 182 Å². The Morgan fingerprint density at radius 1 is 1.06 bits per heavy atom. The number of methoxy groups -OCH3 is 2. The highest BCUT2D eigenvalue weighted by Crippen LogP contribution is 2.35. The summed E-state index contributed by atoms with van der Waals surface area (Å²) in [5.41, 5.74) is 3.91. The van der Waals surface area contributed by atoms with Crippen molar-refractivity contribution < 1.29 is 14.3 Å². The summed E-state index contributed by atoms with van der Waals surface area (Å²) in [4.78, 5) is 18.1. The molecule has 10 heteroatoms. The largest absolute Gasteiger partial charge is 0.493 e. The van der Waals surface area contributed by atoms with Crippen LogP contribution in [-0.2, 0) is 0 Å². The number of aryl methyl sites for hydroxylation is 2. The van der Waals surface area contributed by atoms with Crippen LogP contribution < -0.4 is 14.8 Å². The molecule has 0 saturated heterocycles. The lowest BCUT2D eigenvalue weighted by Crippen LogP contribution is -2.12. The Morgan fingerprint density at radius 3 is 2.58 bits per heavy atom. The van der Waals surface area contributed by atoms with Crippen LogP contribution in [0.3, 0.4) is 0 Å². The highest BCUT2D eigenvalue weighted by Gasteiger charge is 2.18. The van der Waals surface area contributed by atoms with Gasteiger partial charge in [-0.25, -0.2) is 9.67 Å². The number of benzene rings is 2. The maximum absolute atomic E-state index is 13.0. The van der Waals surface area contributed by atoms with E-state index in [-0.39, 0.29) is 5.91 Å². The maximum atomic E-state index is 13.0. The van der Waals surface area contributed by atoms with Crippen LogP contribution in [0.5, 0.6) is 11.5 Å². The zero-order valence-electron chi connectivity index (χ0n) is 17.4. The molecule has 2 aromatic heterocycles. The van der Waals surface area contributed by atoms with Crippen molar-refractivity contribution in [2.45, 2.75) is 13.8 Å². The lowest BCUT2D eigenvalue weighted by Gasteiger charge is -2.09. The molecule has 4 rings (SSSR count). The van der Waals surface area contributed by atoms with Crippen molar-refractivity contribution in [1.82, 2.24) is 25.2 Å². The predicted octanol–water partition coefficient (Wildman–Crippen LogP) is 3.67. The van der Waals surface area contributed by atoms with Gasteiger partial charge < -0.3 is 14.8 Å². The summed E-state index contributed by atoms with van der Waals surface area (Å²) in [5.74, 6) is 1.01. The van der Waals surface area contributed by atoms with Gasteiger partial charge in [-0.15, -0.1) is 16.4 Å². The van der Waals surface area contributed by atoms with Crippen LogP contribution in [0.25, 0.3) is 16.3 Å². The van der Waals surface area contributed by atoms with E-state index in [2.05, 4.69) is 25.8 Å². The minimum absolute atomic E-state index is 0.228. The summed E-state index contributed by atoms with van der Waals surface area (Å²) in [6.07, 6.45) is 1.51.